The van der Waals surface area contributed by atoms with Crippen LogP contribution in [-0.2, 0) is 0 Å². The third-order valence-corrected chi connectivity index (χ3v) is 2.49. The Labute approximate surface area is 99.5 Å². The lowest BCUT2D eigenvalue weighted by Gasteiger charge is -2.08. The van der Waals surface area contributed by atoms with Gasteiger partial charge in [0.1, 0.15) is 0 Å². The molecule has 1 aromatic heterocycles. The van der Waals surface area contributed by atoms with Crippen molar-refractivity contribution in [2.45, 2.75) is 13.8 Å². The number of benzene rings is 1. The molecule has 0 bridgehead atoms. The van der Waals surface area contributed by atoms with Crippen molar-refractivity contribution in [2.75, 3.05) is 7.11 Å². The highest BCUT2D eigenvalue weighted by Crippen LogP contribution is 2.12. The van der Waals surface area contributed by atoms with Crippen LogP contribution in [0.15, 0.2) is 35.4 Å². The van der Waals surface area contributed by atoms with E-state index in [0.717, 1.165) is 16.8 Å². The Morgan fingerprint density at radius 2 is 1.82 bits per heavy atom. The molecule has 0 atom stereocenters. The molecule has 0 saturated carbocycles. The Morgan fingerprint density at radius 1 is 1.18 bits per heavy atom. The van der Waals surface area contributed by atoms with Crippen molar-refractivity contribution in [2.24, 2.45) is 0 Å². The molecule has 0 aliphatic rings. The lowest BCUT2D eigenvalue weighted by molar-refractivity contribution is 0.388. The van der Waals surface area contributed by atoms with Crippen LogP contribution in [0.5, 0.6) is 5.88 Å². The molecule has 0 unspecified atom stereocenters. The predicted octanol–water partition coefficient (Wildman–Crippen LogP) is 1.86. The summed E-state index contributed by atoms with van der Waals surface area (Å²) in [5, 5.41) is 0. The molecule has 4 nitrogen and oxygen atoms in total. The molecule has 0 saturated heterocycles. The Bertz CT molecular complexity index is 582. The quantitative estimate of drug-likeness (QED) is 0.791. The number of hydrogen-bond acceptors (Lipinski definition) is 3. The maximum absolute atomic E-state index is 12.0. The fraction of sp³-hybridized carbons (Fsp3) is 0.231. The zero-order chi connectivity index (χ0) is 12.4. The molecule has 0 aliphatic carbocycles. The van der Waals surface area contributed by atoms with Crippen LogP contribution < -0.4 is 10.3 Å². The Kier molecular flexibility index (Phi) is 2.95. The summed E-state index contributed by atoms with van der Waals surface area (Å²) in [6.07, 6.45) is 3.19. The number of hydrogen-bond donors (Lipinski definition) is 0. The van der Waals surface area contributed by atoms with Crippen molar-refractivity contribution in [1.82, 2.24) is 9.55 Å². The van der Waals surface area contributed by atoms with Crippen molar-refractivity contribution >= 4 is 0 Å². The molecule has 2 aromatic rings. The first-order chi connectivity index (χ1) is 8.11. The SMILES string of the molecule is COc1nccn(-c2cc(C)cc(C)c2)c1=O. The molecule has 17 heavy (non-hydrogen) atoms. The zero-order valence-electron chi connectivity index (χ0n) is 10.1. The van der Waals surface area contributed by atoms with E-state index < -0.39 is 0 Å². The number of aryl methyl sites for hydroxylation is 2. The van der Waals surface area contributed by atoms with Gasteiger partial charge in [0.05, 0.1) is 7.11 Å². The first-order valence-electron chi connectivity index (χ1n) is 5.32. The van der Waals surface area contributed by atoms with Gasteiger partial charge in [-0.25, -0.2) is 4.98 Å². The summed E-state index contributed by atoms with van der Waals surface area (Å²) in [4.78, 5) is 15.9. The highest BCUT2D eigenvalue weighted by atomic mass is 16.5. The molecular formula is C13H14N2O2. The average Bonchev–Trinajstić information content (AvgIpc) is 2.28. The van der Waals surface area contributed by atoms with Gasteiger partial charge in [0.15, 0.2) is 0 Å². The topological polar surface area (TPSA) is 44.1 Å². The average molecular weight is 230 g/mol. The van der Waals surface area contributed by atoms with Crippen LogP contribution in [-0.4, -0.2) is 16.7 Å². The van der Waals surface area contributed by atoms with Crippen molar-refractivity contribution in [3.8, 4) is 11.6 Å². The first-order valence-corrected chi connectivity index (χ1v) is 5.32. The van der Waals surface area contributed by atoms with E-state index in [1.165, 1.54) is 11.7 Å². The summed E-state index contributed by atoms with van der Waals surface area (Å²) in [7, 11) is 1.44. The zero-order valence-corrected chi connectivity index (χ0v) is 10.1. The molecule has 1 aromatic carbocycles. The summed E-state index contributed by atoms with van der Waals surface area (Å²) in [5.41, 5.74) is 2.80. The van der Waals surface area contributed by atoms with E-state index in [1.807, 2.05) is 26.0 Å². The van der Waals surface area contributed by atoms with Gasteiger partial charge in [-0.3, -0.25) is 9.36 Å². The minimum atomic E-state index is -0.250. The summed E-state index contributed by atoms with van der Waals surface area (Å²) in [6, 6.07) is 5.97. The van der Waals surface area contributed by atoms with E-state index in [0.29, 0.717) is 0 Å². The van der Waals surface area contributed by atoms with E-state index in [1.54, 1.807) is 12.4 Å². The third-order valence-electron chi connectivity index (χ3n) is 2.49. The van der Waals surface area contributed by atoms with E-state index in [-0.39, 0.29) is 11.4 Å². The number of rotatable bonds is 2. The molecule has 88 valence electrons. The minimum Gasteiger partial charge on any atom is -0.477 e. The van der Waals surface area contributed by atoms with Crippen LogP contribution in [0.4, 0.5) is 0 Å². The Hall–Kier alpha value is -2.10. The Morgan fingerprint density at radius 3 is 2.41 bits per heavy atom. The fourth-order valence-electron chi connectivity index (χ4n) is 1.83. The first kappa shape index (κ1) is 11.4. The second-order valence-corrected chi connectivity index (χ2v) is 3.96. The second kappa shape index (κ2) is 4.41. The highest BCUT2D eigenvalue weighted by Gasteiger charge is 2.06. The van der Waals surface area contributed by atoms with Gasteiger partial charge >= 0.3 is 5.56 Å². The van der Waals surface area contributed by atoms with Crippen LogP contribution in [0.25, 0.3) is 5.69 Å². The van der Waals surface area contributed by atoms with Gasteiger partial charge in [-0.2, -0.15) is 0 Å². The Balaban J connectivity index is 2.64. The normalized spacial score (nSPS) is 10.3. The maximum Gasteiger partial charge on any atom is 0.317 e. The fourth-order valence-corrected chi connectivity index (χ4v) is 1.83. The summed E-state index contributed by atoms with van der Waals surface area (Å²) < 4.78 is 6.46. The molecule has 0 amide bonds. The molecular weight excluding hydrogens is 216 g/mol. The van der Waals surface area contributed by atoms with Crippen LogP contribution in [0.3, 0.4) is 0 Å². The van der Waals surface area contributed by atoms with Crippen molar-refractivity contribution in [3.05, 3.63) is 52.1 Å². The van der Waals surface area contributed by atoms with Gasteiger partial charge in [0.25, 0.3) is 5.88 Å². The van der Waals surface area contributed by atoms with E-state index in [2.05, 4.69) is 11.1 Å². The highest BCUT2D eigenvalue weighted by molar-refractivity contribution is 5.39. The van der Waals surface area contributed by atoms with Gasteiger partial charge in [-0.05, 0) is 37.1 Å². The van der Waals surface area contributed by atoms with E-state index in [4.69, 9.17) is 4.74 Å². The van der Waals surface area contributed by atoms with Gasteiger partial charge < -0.3 is 4.74 Å². The second-order valence-electron chi connectivity index (χ2n) is 3.96. The maximum atomic E-state index is 12.0. The van der Waals surface area contributed by atoms with Crippen LogP contribution >= 0.6 is 0 Å². The van der Waals surface area contributed by atoms with E-state index in [9.17, 15) is 4.79 Å². The van der Waals surface area contributed by atoms with Crippen molar-refractivity contribution in [1.29, 1.82) is 0 Å². The number of ether oxygens (including phenoxy) is 1. The lowest BCUT2D eigenvalue weighted by atomic mass is 10.1. The monoisotopic (exact) mass is 230 g/mol. The number of aromatic nitrogens is 2. The minimum absolute atomic E-state index is 0.103. The molecule has 0 radical (unpaired) electrons. The van der Waals surface area contributed by atoms with Gasteiger partial charge in [-0.1, -0.05) is 6.07 Å². The van der Waals surface area contributed by atoms with Gasteiger partial charge in [-0.15, -0.1) is 0 Å². The van der Waals surface area contributed by atoms with Crippen LogP contribution in [0.2, 0.25) is 0 Å². The summed E-state index contributed by atoms with van der Waals surface area (Å²) >= 11 is 0. The van der Waals surface area contributed by atoms with Crippen molar-refractivity contribution in [3.63, 3.8) is 0 Å². The molecule has 1 heterocycles. The summed E-state index contributed by atoms with van der Waals surface area (Å²) in [5.74, 6) is 0.103. The van der Waals surface area contributed by atoms with Gasteiger partial charge in [0, 0.05) is 18.1 Å². The molecule has 0 N–H and O–H groups in total. The third kappa shape index (κ3) is 2.20. The van der Waals surface area contributed by atoms with Crippen LogP contribution in [0.1, 0.15) is 11.1 Å². The standard InChI is InChI=1S/C13H14N2O2/c1-9-6-10(2)8-11(7-9)15-5-4-14-12(17-3)13(15)16/h4-8H,1-3H3. The molecule has 2 rings (SSSR count). The predicted molar refractivity (Wildman–Crippen MR) is 65.9 cm³/mol. The molecule has 4 heteroatoms. The summed E-state index contributed by atoms with van der Waals surface area (Å²) in [6.45, 7) is 4.00. The van der Waals surface area contributed by atoms with Crippen LogP contribution in [0, 0.1) is 13.8 Å². The van der Waals surface area contributed by atoms with Gasteiger partial charge in [0.2, 0.25) is 0 Å². The largest absolute Gasteiger partial charge is 0.477 e. The smallest absolute Gasteiger partial charge is 0.317 e. The number of methoxy groups -OCH3 is 1. The molecule has 0 fully saturated rings. The lowest BCUT2D eigenvalue weighted by Crippen LogP contribution is -2.20. The van der Waals surface area contributed by atoms with Crippen molar-refractivity contribution < 1.29 is 4.74 Å². The molecule has 0 spiro atoms. The van der Waals surface area contributed by atoms with E-state index >= 15 is 0 Å². The molecule has 0 aliphatic heterocycles. The number of nitrogens with zero attached hydrogens (tertiary/aromatic N) is 2.